The number of hydrogen-bond acceptors (Lipinski definition) is 5. The van der Waals surface area contributed by atoms with Crippen LogP contribution in [0.25, 0.3) is 0 Å². The van der Waals surface area contributed by atoms with E-state index in [2.05, 4.69) is 40.2 Å². The Labute approximate surface area is 197 Å². The molecule has 5 rings (SSSR count). The van der Waals surface area contributed by atoms with Crippen LogP contribution in [0, 0.1) is 16.7 Å². The summed E-state index contributed by atoms with van der Waals surface area (Å²) in [5.74, 6) is 1.02. The number of benzene rings is 1. The summed E-state index contributed by atoms with van der Waals surface area (Å²) in [6, 6.07) is 10.7. The van der Waals surface area contributed by atoms with Crippen LogP contribution in [0.15, 0.2) is 30.3 Å². The molecule has 4 heterocycles. The third kappa shape index (κ3) is 4.93. The first-order chi connectivity index (χ1) is 16.1. The molecule has 6 atom stereocenters. The number of carbonyl (C=O) groups is 1. The van der Waals surface area contributed by atoms with Gasteiger partial charge in [0, 0.05) is 44.3 Å². The number of piperidine rings is 1. The van der Waals surface area contributed by atoms with Crippen molar-refractivity contribution in [3.8, 4) is 0 Å². The van der Waals surface area contributed by atoms with E-state index in [0.29, 0.717) is 12.3 Å². The fourth-order valence-electron chi connectivity index (χ4n) is 6.39. The smallest absolute Gasteiger partial charge is 0.251 e. The Morgan fingerprint density at radius 3 is 2.76 bits per heavy atom. The van der Waals surface area contributed by atoms with Crippen molar-refractivity contribution in [1.29, 1.82) is 0 Å². The first-order valence-electron chi connectivity index (χ1n) is 12.9. The number of amides is 1. The van der Waals surface area contributed by atoms with Crippen molar-refractivity contribution in [3.63, 3.8) is 0 Å². The summed E-state index contributed by atoms with van der Waals surface area (Å²) in [6.45, 7) is 7.19. The van der Waals surface area contributed by atoms with Gasteiger partial charge in [0.15, 0.2) is 0 Å². The SMILES string of the molecule is CCC(=O)N1CC2NC(Cc3ccccc3)NC(C3CCN(CC4CCCNC4)[N+]3=O)C2C1. The molecule has 8 heteroatoms. The van der Waals surface area contributed by atoms with Gasteiger partial charge in [-0.3, -0.25) is 15.4 Å². The van der Waals surface area contributed by atoms with E-state index < -0.39 is 0 Å². The van der Waals surface area contributed by atoms with E-state index in [1.165, 1.54) is 23.3 Å². The number of rotatable bonds is 6. The van der Waals surface area contributed by atoms with Gasteiger partial charge in [-0.15, -0.1) is 5.01 Å². The molecule has 0 bridgehead atoms. The highest BCUT2D eigenvalue weighted by Gasteiger charge is 2.54. The minimum absolute atomic E-state index is 0.0756. The normalized spacial score (nSPS) is 34.5. The van der Waals surface area contributed by atoms with Crippen molar-refractivity contribution in [3.05, 3.63) is 40.8 Å². The Kier molecular flexibility index (Phi) is 6.94. The number of carbonyl (C=O) groups excluding carboxylic acids is 1. The summed E-state index contributed by atoms with van der Waals surface area (Å²) < 4.78 is 0. The third-order valence-corrected chi connectivity index (χ3v) is 8.10. The molecule has 33 heavy (non-hydrogen) atoms. The maximum atomic E-state index is 13.5. The summed E-state index contributed by atoms with van der Waals surface area (Å²) in [5, 5.41) is 13.1. The Morgan fingerprint density at radius 2 is 2.00 bits per heavy atom. The maximum absolute atomic E-state index is 13.5. The second kappa shape index (κ2) is 10.1. The molecule has 4 aliphatic rings. The summed E-state index contributed by atoms with van der Waals surface area (Å²) in [4.78, 5) is 29.3. The number of nitrogens with one attached hydrogen (secondary N) is 3. The van der Waals surface area contributed by atoms with Crippen LogP contribution in [-0.4, -0.2) is 84.2 Å². The zero-order valence-electron chi connectivity index (χ0n) is 19.8. The molecule has 1 amide bonds. The lowest BCUT2D eigenvalue weighted by Crippen LogP contribution is -2.67. The first kappa shape index (κ1) is 22.7. The quantitative estimate of drug-likeness (QED) is 0.558. The van der Waals surface area contributed by atoms with Crippen molar-refractivity contribution >= 4 is 5.91 Å². The summed E-state index contributed by atoms with van der Waals surface area (Å²) in [6.07, 6.45) is 4.77. The van der Waals surface area contributed by atoms with Crippen molar-refractivity contribution in [2.45, 2.75) is 63.3 Å². The van der Waals surface area contributed by atoms with E-state index in [1.807, 2.05) is 22.9 Å². The molecule has 8 nitrogen and oxygen atoms in total. The van der Waals surface area contributed by atoms with E-state index in [0.717, 1.165) is 52.1 Å². The van der Waals surface area contributed by atoms with Crippen molar-refractivity contribution in [1.82, 2.24) is 25.9 Å². The number of nitroso groups, excluding NO2 is 1. The van der Waals surface area contributed by atoms with E-state index in [4.69, 9.17) is 0 Å². The molecule has 0 spiro atoms. The standard InChI is InChI=1S/C25H39N6O2/c1-2-24(32)29-16-20-21(17-29)27-23(13-18-7-4-3-5-8-18)28-25(20)22-10-12-30(31(22)33)15-19-9-6-11-26-14-19/h3-5,7-8,19-23,25-28H,2,6,9-17H2,1H3/q+1. The Bertz CT molecular complexity index is 829. The average Bonchev–Trinajstić information content (AvgIpc) is 3.43. The van der Waals surface area contributed by atoms with Crippen molar-refractivity contribution < 1.29 is 9.66 Å². The molecule has 0 radical (unpaired) electrons. The Morgan fingerprint density at radius 1 is 1.15 bits per heavy atom. The molecular formula is C25H39N6O2+. The summed E-state index contributed by atoms with van der Waals surface area (Å²) in [5.41, 5.74) is 1.27. The van der Waals surface area contributed by atoms with Crippen LogP contribution >= 0.6 is 0 Å². The van der Waals surface area contributed by atoms with Gasteiger partial charge in [0.05, 0.1) is 30.2 Å². The zero-order valence-corrected chi connectivity index (χ0v) is 19.8. The predicted octanol–water partition coefficient (Wildman–Crippen LogP) is 1.12. The molecule has 6 unspecified atom stereocenters. The van der Waals surface area contributed by atoms with Gasteiger partial charge >= 0.3 is 0 Å². The maximum Gasteiger partial charge on any atom is 0.251 e. The second-order valence-electron chi connectivity index (χ2n) is 10.3. The van der Waals surface area contributed by atoms with Crippen LogP contribution in [0.5, 0.6) is 0 Å². The fraction of sp³-hybridized carbons (Fsp3) is 0.720. The first-order valence-corrected chi connectivity index (χ1v) is 12.9. The third-order valence-electron chi connectivity index (χ3n) is 8.10. The summed E-state index contributed by atoms with van der Waals surface area (Å²) >= 11 is 0. The predicted molar refractivity (Wildman–Crippen MR) is 127 cm³/mol. The lowest BCUT2D eigenvalue weighted by atomic mass is 9.85. The Hall–Kier alpha value is -2.03. The van der Waals surface area contributed by atoms with Crippen molar-refractivity contribution in [2.24, 2.45) is 11.8 Å². The van der Waals surface area contributed by atoms with Crippen LogP contribution in [0.3, 0.4) is 0 Å². The molecule has 4 aliphatic heterocycles. The molecule has 0 aliphatic carbocycles. The van der Waals surface area contributed by atoms with Gasteiger partial charge in [0.25, 0.3) is 6.04 Å². The second-order valence-corrected chi connectivity index (χ2v) is 10.3. The van der Waals surface area contributed by atoms with Gasteiger partial charge in [-0.1, -0.05) is 37.3 Å². The molecule has 0 saturated carbocycles. The van der Waals surface area contributed by atoms with Gasteiger partial charge in [-0.05, 0) is 37.4 Å². The van der Waals surface area contributed by atoms with Crippen molar-refractivity contribution in [2.75, 3.05) is 39.3 Å². The van der Waals surface area contributed by atoms with Crippen LogP contribution in [0.1, 0.15) is 38.2 Å². The topological polar surface area (TPSA) is 79.7 Å². The monoisotopic (exact) mass is 455 g/mol. The lowest BCUT2D eigenvalue weighted by Gasteiger charge is -2.40. The molecule has 0 aromatic heterocycles. The lowest BCUT2D eigenvalue weighted by molar-refractivity contribution is -0.715. The fourth-order valence-corrected chi connectivity index (χ4v) is 6.39. The van der Waals surface area contributed by atoms with Crippen LogP contribution in [0.2, 0.25) is 0 Å². The van der Waals surface area contributed by atoms with Gasteiger partial charge in [0.2, 0.25) is 5.91 Å². The number of fused-ring (bicyclic) bond motifs is 1. The molecule has 1 aromatic rings. The van der Waals surface area contributed by atoms with Gasteiger partial charge in [-0.25, -0.2) is 0 Å². The minimum Gasteiger partial charge on any atom is -0.341 e. The van der Waals surface area contributed by atoms with Crippen LogP contribution < -0.4 is 16.0 Å². The van der Waals surface area contributed by atoms with E-state index in [9.17, 15) is 9.70 Å². The molecule has 1 aromatic carbocycles. The largest absolute Gasteiger partial charge is 0.341 e. The molecule has 4 fully saturated rings. The number of hydrogen-bond donors (Lipinski definition) is 3. The molecule has 3 N–H and O–H groups in total. The van der Waals surface area contributed by atoms with Crippen LogP contribution in [0.4, 0.5) is 0 Å². The van der Waals surface area contributed by atoms with E-state index in [1.54, 1.807) is 0 Å². The van der Waals surface area contributed by atoms with Gasteiger partial charge in [-0.2, -0.15) is 0 Å². The van der Waals surface area contributed by atoms with E-state index in [-0.39, 0.29) is 36.1 Å². The van der Waals surface area contributed by atoms with Gasteiger partial charge in [0.1, 0.15) is 4.87 Å². The number of nitrogens with zero attached hydrogens (tertiary/aromatic N) is 3. The molecule has 4 saturated heterocycles. The molecule has 180 valence electrons. The minimum atomic E-state index is -0.0777. The van der Waals surface area contributed by atoms with E-state index >= 15 is 0 Å². The number of likely N-dealkylation sites (tertiary alicyclic amines) is 1. The summed E-state index contributed by atoms with van der Waals surface area (Å²) in [7, 11) is 0. The average molecular weight is 456 g/mol. The van der Waals surface area contributed by atoms with Crippen LogP contribution in [-0.2, 0) is 11.2 Å². The highest BCUT2D eigenvalue weighted by Crippen LogP contribution is 2.31. The number of hydrazine groups is 1. The van der Waals surface area contributed by atoms with Gasteiger partial charge < -0.3 is 10.2 Å². The Balaban J connectivity index is 1.31. The zero-order chi connectivity index (χ0) is 22.8. The highest BCUT2D eigenvalue weighted by molar-refractivity contribution is 5.76. The highest BCUT2D eigenvalue weighted by atomic mass is 16.3. The molecular weight excluding hydrogens is 416 g/mol.